The van der Waals surface area contributed by atoms with Crippen LogP contribution in [0.3, 0.4) is 0 Å². The molecule has 2 aromatic rings. The van der Waals surface area contributed by atoms with Crippen molar-refractivity contribution < 1.29 is 22.3 Å². The molecule has 0 radical (unpaired) electrons. The van der Waals surface area contributed by atoms with Gasteiger partial charge in [-0.3, -0.25) is 4.72 Å². The first kappa shape index (κ1) is 15.4. The Kier molecular flexibility index (Phi) is 4.24. The van der Waals surface area contributed by atoms with Gasteiger partial charge in [0.05, 0.1) is 16.7 Å². The van der Waals surface area contributed by atoms with Crippen LogP contribution in [0, 0.1) is 11.6 Å². The minimum absolute atomic E-state index is 0.0448. The highest BCUT2D eigenvalue weighted by atomic mass is 32.2. The zero-order chi connectivity index (χ0) is 15.6. The third kappa shape index (κ3) is 3.56. The van der Waals surface area contributed by atoms with Gasteiger partial charge in [-0.2, -0.15) is 0 Å². The van der Waals surface area contributed by atoms with Crippen molar-refractivity contribution in [1.82, 2.24) is 0 Å². The first-order chi connectivity index (χ1) is 9.79. The topological polar surface area (TPSA) is 66.4 Å². The van der Waals surface area contributed by atoms with E-state index < -0.39 is 27.8 Å². The van der Waals surface area contributed by atoms with E-state index in [-0.39, 0.29) is 10.6 Å². The van der Waals surface area contributed by atoms with Crippen LogP contribution in [0.15, 0.2) is 47.4 Å². The second-order valence-corrected chi connectivity index (χ2v) is 6.16. The molecule has 4 nitrogen and oxygen atoms in total. The summed E-state index contributed by atoms with van der Waals surface area (Å²) in [6, 6.07) is 8.32. The van der Waals surface area contributed by atoms with Crippen molar-refractivity contribution >= 4 is 15.7 Å². The number of anilines is 1. The van der Waals surface area contributed by atoms with Gasteiger partial charge in [-0.1, -0.05) is 12.1 Å². The van der Waals surface area contributed by atoms with Crippen LogP contribution in [-0.4, -0.2) is 13.5 Å². The van der Waals surface area contributed by atoms with Crippen molar-refractivity contribution in [3.05, 3.63) is 59.7 Å². The van der Waals surface area contributed by atoms with E-state index in [1.165, 1.54) is 24.3 Å². The first-order valence-corrected chi connectivity index (χ1v) is 7.54. The van der Waals surface area contributed by atoms with Crippen LogP contribution in [0.4, 0.5) is 14.5 Å². The van der Waals surface area contributed by atoms with Crippen LogP contribution >= 0.6 is 0 Å². The first-order valence-electron chi connectivity index (χ1n) is 6.05. The van der Waals surface area contributed by atoms with Gasteiger partial charge >= 0.3 is 0 Å². The van der Waals surface area contributed by atoms with Crippen molar-refractivity contribution in [2.45, 2.75) is 17.9 Å². The molecule has 1 atom stereocenters. The summed E-state index contributed by atoms with van der Waals surface area (Å²) in [6.07, 6.45) is -0.707. The summed E-state index contributed by atoms with van der Waals surface area (Å²) in [7, 11) is -3.91. The number of aliphatic hydroxyl groups is 1. The van der Waals surface area contributed by atoms with Gasteiger partial charge in [-0.15, -0.1) is 0 Å². The molecule has 2 rings (SSSR count). The monoisotopic (exact) mass is 313 g/mol. The number of benzene rings is 2. The van der Waals surface area contributed by atoms with Gasteiger partial charge in [0.25, 0.3) is 10.0 Å². The molecule has 112 valence electrons. The molecule has 2 N–H and O–H groups in total. The summed E-state index contributed by atoms with van der Waals surface area (Å²) in [5.74, 6) is -2.20. The van der Waals surface area contributed by atoms with Gasteiger partial charge in [-0.05, 0) is 36.8 Å². The smallest absolute Gasteiger partial charge is 0.261 e. The van der Waals surface area contributed by atoms with Crippen LogP contribution in [0.2, 0.25) is 0 Å². The molecule has 0 fully saturated rings. The standard InChI is InChI=1S/C14H13F2NO3S/c1-9(18)10-2-5-12(6-3-10)21(19,20)17-11-4-7-13(15)14(16)8-11/h2-9,17-18H,1H3. The zero-order valence-corrected chi connectivity index (χ0v) is 11.9. The van der Waals surface area contributed by atoms with E-state index in [1.807, 2.05) is 0 Å². The fourth-order valence-electron chi connectivity index (χ4n) is 1.70. The lowest BCUT2D eigenvalue weighted by Gasteiger charge is -2.10. The van der Waals surface area contributed by atoms with E-state index in [0.717, 1.165) is 18.2 Å². The van der Waals surface area contributed by atoms with E-state index in [2.05, 4.69) is 4.72 Å². The number of aliphatic hydroxyl groups excluding tert-OH is 1. The van der Waals surface area contributed by atoms with E-state index in [4.69, 9.17) is 0 Å². The summed E-state index contributed by atoms with van der Waals surface area (Å²) in [6.45, 7) is 1.56. The van der Waals surface area contributed by atoms with E-state index in [1.54, 1.807) is 6.92 Å². The van der Waals surface area contributed by atoms with Gasteiger partial charge in [0, 0.05) is 6.07 Å². The summed E-state index contributed by atoms with van der Waals surface area (Å²) in [5.41, 5.74) is 0.496. The Balaban J connectivity index is 2.27. The molecule has 1 unspecified atom stereocenters. The van der Waals surface area contributed by atoms with E-state index >= 15 is 0 Å². The lowest BCUT2D eigenvalue weighted by molar-refractivity contribution is 0.199. The number of hydrogen-bond donors (Lipinski definition) is 2. The van der Waals surface area contributed by atoms with Crippen LogP contribution in [0.25, 0.3) is 0 Å². The Morgan fingerprint density at radius 1 is 1.05 bits per heavy atom. The normalized spacial score (nSPS) is 13.0. The molecule has 0 amide bonds. The predicted octanol–water partition coefficient (Wildman–Crippen LogP) is 2.82. The number of hydrogen-bond acceptors (Lipinski definition) is 3. The lowest BCUT2D eigenvalue weighted by atomic mass is 10.1. The molecule has 0 spiro atoms. The average molecular weight is 313 g/mol. The third-order valence-corrected chi connectivity index (χ3v) is 4.24. The number of sulfonamides is 1. The van der Waals surface area contributed by atoms with Gasteiger partial charge in [0.1, 0.15) is 0 Å². The van der Waals surface area contributed by atoms with Crippen molar-refractivity contribution in [1.29, 1.82) is 0 Å². The highest BCUT2D eigenvalue weighted by Crippen LogP contribution is 2.20. The minimum Gasteiger partial charge on any atom is -0.389 e. The number of nitrogens with one attached hydrogen (secondary N) is 1. The van der Waals surface area contributed by atoms with Gasteiger partial charge in [0.2, 0.25) is 0 Å². The van der Waals surface area contributed by atoms with Gasteiger partial charge in [-0.25, -0.2) is 17.2 Å². The number of rotatable bonds is 4. The maximum absolute atomic E-state index is 13.1. The molecule has 0 aliphatic carbocycles. The molecular formula is C14H13F2NO3S. The van der Waals surface area contributed by atoms with Crippen LogP contribution in [0.5, 0.6) is 0 Å². The van der Waals surface area contributed by atoms with Crippen molar-refractivity contribution in [3.63, 3.8) is 0 Å². The summed E-state index contributed by atoms with van der Waals surface area (Å²) < 4.78 is 52.2. The van der Waals surface area contributed by atoms with Gasteiger partial charge < -0.3 is 5.11 Å². The minimum atomic E-state index is -3.91. The molecule has 2 aromatic carbocycles. The highest BCUT2D eigenvalue weighted by Gasteiger charge is 2.15. The predicted molar refractivity (Wildman–Crippen MR) is 74.2 cm³/mol. The highest BCUT2D eigenvalue weighted by molar-refractivity contribution is 7.92. The SMILES string of the molecule is CC(O)c1ccc(S(=O)(=O)Nc2ccc(F)c(F)c2)cc1. The Hall–Kier alpha value is -1.99. The fraction of sp³-hybridized carbons (Fsp3) is 0.143. The maximum atomic E-state index is 13.1. The molecule has 0 aliphatic rings. The Morgan fingerprint density at radius 3 is 2.19 bits per heavy atom. The zero-order valence-electron chi connectivity index (χ0n) is 11.0. The molecular weight excluding hydrogens is 300 g/mol. The van der Waals surface area contributed by atoms with Crippen LogP contribution < -0.4 is 4.72 Å². The third-order valence-electron chi connectivity index (χ3n) is 2.84. The molecule has 7 heteroatoms. The second-order valence-electron chi connectivity index (χ2n) is 4.48. The van der Waals surface area contributed by atoms with Crippen molar-refractivity contribution in [2.24, 2.45) is 0 Å². The summed E-state index contributed by atoms with van der Waals surface area (Å²) >= 11 is 0. The van der Waals surface area contributed by atoms with E-state index in [9.17, 15) is 22.3 Å². The Bertz CT molecular complexity index is 743. The second kappa shape index (κ2) is 5.79. The molecule has 0 heterocycles. The van der Waals surface area contributed by atoms with E-state index in [0.29, 0.717) is 5.56 Å². The molecule has 0 bridgehead atoms. The van der Waals surface area contributed by atoms with Crippen molar-refractivity contribution in [3.8, 4) is 0 Å². The molecule has 0 saturated carbocycles. The maximum Gasteiger partial charge on any atom is 0.261 e. The molecule has 0 aromatic heterocycles. The Labute approximate surface area is 121 Å². The quantitative estimate of drug-likeness (QED) is 0.912. The summed E-state index contributed by atoms with van der Waals surface area (Å²) in [4.78, 5) is -0.0448. The largest absolute Gasteiger partial charge is 0.389 e. The average Bonchev–Trinajstić information content (AvgIpc) is 2.43. The van der Waals surface area contributed by atoms with Crippen LogP contribution in [-0.2, 0) is 10.0 Å². The molecule has 0 saturated heterocycles. The molecule has 21 heavy (non-hydrogen) atoms. The molecule has 0 aliphatic heterocycles. The number of halogens is 2. The van der Waals surface area contributed by atoms with Crippen LogP contribution in [0.1, 0.15) is 18.6 Å². The fourth-order valence-corrected chi connectivity index (χ4v) is 2.75. The van der Waals surface area contributed by atoms with Gasteiger partial charge in [0.15, 0.2) is 11.6 Å². The summed E-state index contributed by atoms with van der Waals surface area (Å²) in [5, 5.41) is 9.37. The Morgan fingerprint density at radius 2 is 1.67 bits per heavy atom. The van der Waals surface area contributed by atoms with Crippen molar-refractivity contribution in [2.75, 3.05) is 4.72 Å². The lowest BCUT2D eigenvalue weighted by Crippen LogP contribution is -2.13.